The van der Waals surface area contributed by atoms with Crippen molar-refractivity contribution in [2.45, 2.75) is 26.3 Å². The van der Waals surface area contributed by atoms with Gasteiger partial charge in [-0.3, -0.25) is 4.79 Å². The molecule has 0 aromatic heterocycles. The SMILES string of the molecule is CC(O)N(CC(=O)O)C(C)O.[Na+]. The maximum absolute atomic E-state index is 10.2. The number of aliphatic hydroxyl groups excluding tert-OH is 2. The topological polar surface area (TPSA) is 81.0 Å². The zero-order valence-corrected chi connectivity index (χ0v) is 9.56. The van der Waals surface area contributed by atoms with E-state index in [-0.39, 0.29) is 36.1 Å². The molecule has 0 rings (SSSR count). The number of aliphatic hydroxyl groups is 2. The molecule has 3 N–H and O–H groups in total. The fraction of sp³-hybridized carbons (Fsp3) is 0.833. The largest absolute Gasteiger partial charge is 1.00 e. The van der Waals surface area contributed by atoms with E-state index in [0.29, 0.717) is 0 Å². The minimum atomic E-state index is -1.08. The van der Waals surface area contributed by atoms with E-state index in [1.54, 1.807) is 0 Å². The van der Waals surface area contributed by atoms with E-state index < -0.39 is 18.4 Å². The monoisotopic (exact) mass is 186 g/mol. The number of rotatable bonds is 4. The smallest absolute Gasteiger partial charge is 0.480 e. The first-order valence-electron chi connectivity index (χ1n) is 3.29. The molecule has 0 fully saturated rings. The average Bonchev–Trinajstić information content (AvgIpc) is 1.81. The first-order valence-corrected chi connectivity index (χ1v) is 3.29. The van der Waals surface area contributed by atoms with Gasteiger partial charge in [-0.15, -0.1) is 0 Å². The van der Waals surface area contributed by atoms with E-state index in [9.17, 15) is 4.79 Å². The second-order valence-electron chi connectivity index (χ2n) is 2.33. The maximum Gasteiger partial charge on any atom is 1.00 e. The molecule has 5 nitrogen and oxygen atoms in total. The van der Waals surface area contributed by atoms with Gasteiger partial charge in [0.1, 0.15) is 19.0 Å². The molecule has 2 atom stereocenters. The molecule has 0 radical (unpaired) electrons. The van der Waals surface area contributed by atoms with E-state index in [0.717, 1.165) is 4.90 Å². The molecule has 0 saturated heterocycles. The molecular formula is C6H13NNaO4+. The third-order valence-corrected chi connectivity index (χ3v) is 1.28. The number of carbonyl (C=O) groups is 1. The van der Waals surface area contributed by atoms with Crippen molar-refractivity contribution in [2.24, 2.45) is 0 Å². The molecule has 2 unspecified atom stereocenters. The molecule has 0 spiro atoms. The van der Waals surface area contributed by atoms with Crippen LogP contribution < -0.4 is 29.6 Å². The van der Waals surface area contributed by atoms with Crippen LogP contribution in [-0.2, 0) is 4.79 Å². The van der Waals surface area contributed by atoms with E-state index in [1.165, 1.54) is 13.8 Å². The summed E-state index contributed by atoms with van der Waals surface area (Å²) in [6.07, 6.45) is -1.91. The molecule has 0 heterocycles. The van der Waals surface area contributed by atoms with Gasteiger partial charge in [0.2, 0.25) is 0 Å². The van der Waals surface area contributed by atoms with Crippen LogP contribution >= 0.6 is 0 Å². The molecule has 12 heavy (non-hydrogen) atoms. The number of hydrogen-bond donors (Lipinski definition) is 3. The minimum Gasteiger partial charge on any atom is -0.480 e. The molecule has 0 saturated carbocycles. The van der Waals surface area contributed by atoms with Crippen LogP contribution in [0.25, 0.3) is 0 Å². The van der Waals surface area contributed by atoms with Crippen molar-refractivity contribution in [3.8, 4) is 0 Å². The number of nitrogens with zero attached hydrogens (tertiary/aromatic N) is 1. The van der Waals surface area contributed by atoms with E-state index in [1.807, 2.05) is 0 Å². The predicted octanol–water partition coefficient (Wildman–Crippen LogP) is -3.95. The Labute approximate surface area is 93.3 Å². The summed E-state index contributed by atoms with van der Waals surface area (Å²) >= 11 is 0. The van der Waals surface area contributed by atoms with Gasteiger partial charge in [-0.2, -0.15) is 0 Å². The van der Waals surface area contributed by atoms with Gasteiger partial charge in [0, 0.05) is 0 Å². The molecule has 0 aromatic carbocycles. The molecule has 6 heteroatoms. The zero-order valence-electron chi connectivity index (χ0n) is 7.56. The minimum absolute atomic E-state index is 0. The molecule has 0 bridgehead atoms. The van der Waals surface area contributed by atoms with E-state index in [2.05, 4.69) is 0 Å². The Hall–Kier alpha value is 0.350. The summed E-state index contributed by atoms with van der Waals surface area (Å²) in [4.78, 5) is 11.2. The molecule has 0 aliphatic carbocycles. The first-order chi connectivity index (χ1) is 4.95. The van der Waals surface area contributed by atoms with Gasteiger partial charge in [-0.1, -0.05) is 0 Å². The van der Waals surface area contributed by atoms with Crippen molar-refractivity contribution in [3.63, 3.8) is 0 Å². The Kier molecular flexibility index (Phi) is 8.44. The van der Waals surface area contributed by atoms with Crippen LogP contribution in [0.3, 0.4) is 0 Å². The van der Waals surface area contributed by atoms with Crippen LogP contribution in [0, 0.1) is 0 Å². The van der Waals surface area contributed by atoms with Gasteiger partial charge < -0.3 is 15.3 Å². The number of carboxylic acids is 1. The fourth-order valence-electron chi connectivity index (χ4n) is 0.733. The Balaban J connectivity index is 0. The first kappa shape index (κ1) is 14.9. The van der Waals surface area contributed by atoms with E-state index in [4.69, 9.17) is 15.3 Å². The molecule has 0 amide bonds. The summed E-state index contributed by atoms with van der Waals surface area (Å²) in [5.74, 6) is -1.08. The van der Waals surface area contributed by atoms with Crippen molar-refractivity contribution in [2.75, 3.05) is 6.54 Å². The zero-order chi connectivity index (χ0) is 9.02. The maximum atomic E-state index is 10.2. The third kappa shape index (κ3) is 5.93. The van der Waals surface area contributed by atoms with Crippen LogP contribution in [0.15, 0.2) is 0 Å². The average molecular weight is 186 g/mol. The van der Waals surface area contributed by atoms with Crippen LogP contribution in [0.4, 0.5) is 0 Å². The van der Waals surface area contributed by atoms with Gasteiger partial charge in [-0.05, 0) is 13.8 Å². The quantitative estimate of drug-likeness (QED) is 0.308. The van der Waals surface area contributed by atoms with Crippen LogP contribution in [0.1, 0.15) is 13.8 Å². The summed E-state index contributed by atoms with van der Waals surface area (Å²) in [6.45, 7) is 2.43. The van der Waals surface area contributed by atoms with Crippen molar-refractivity contribution >= 4 is 5.97 Å². The van der Waals surface area contributed by atoms with Crippen molar-refractivity contribution in [3.05, 3.63) is 0 Å². The molecule has 66 valence electrons. The Morgan fingerprint density at radius 1 is 1.33 bits per heavy atom. The Bertz CT molecular complexity index is 132. The molecule has 0 aromatic rings. The number of aliphatic carboxylic acids is 1. The third-order valence-electron chi connectivity index (χ3n) is 1.28. The Morgan fingerprint density at radius 2 is 1.67 bits per heavy atom. The summed E-state index contributed by atoms with van der Waals surface area (Å²) < 4.78 is 0. The van der Waals surface area contributed by atoms with Crippen LogP contribution in [0.2, 0.25) is 0 Å². The van der Waals surface area contributed by atoms with Crippen molar-refractivity contribution in [1.29, 1.82) is 0 Å². The molecular weight excluding hydrogens is 173 g/mol. The summed E-state index contributed by atoms with van der Waals surface area (Å²) in [7, 11) is 0. The summed E-state index contributed by atoms with van der Waals surface area (Å²) in [5.41, 5.74) is 0. The second-order valence-corrected chi connectivity index (χ2v) is 2.33. The van der Waals surface area contributed by atoms with Crippen molar-refractivity contribution < 1.29 is 49.7 Å². The van der Waals surface area contributed by atoms with Crippen LogP contribution in [-0.4, -0.2) is 45.2 Å². The number of carboxylic acid groups (broad SMARTS) is 1. The van der Waals surface area contributed by atoms with Gasteiger partial charge in [0.15, 0.2) is 0 Å². The standard InChI is InChI=1S/C6H13NO4.Na/c1-4(8)7(5(2)9)3-6(10)11;/h4-5,8-9H,3H2,1-2H3,(H,10,11);/q;+1. The summed E-state index contributed by atoms with van der Waals surface area (Å²) in [6, 6.07) is 0. The number of hydrogen-bond acceptors (Lipinski definition) is 4. The van der Waals surface area contributed by atoms with Crippen LogP contribution in [0.5, 0.6) is 0 Å². The normalized spacial score (nSPS) is 15.1. The van der Waals surface area contributed by atoms with Gasteiger partial charge in [-0.25, -0.2) is 4.90 Å². The van der Waals surface area contributed by atoms with Gasteiger partial charge >= 0.3 is 35.5 Å². The molecule has 0 aliphatic heterocycles. The molecule has 0 aliphatic rings. The van der Waals surface area contributed by atoms with E-state index >= 15 is 0 Å². The van der Waals surface area contributed by atoms with Gasteiger partial charge in [0.05, 0.1) is 0 Å². The predicted molar refractivity (Wildman–Crippen MR) is 37.7 cm³/mol. The second kappa shape index (κ2) is 6.82. The van der Waals surface area contributed by atoms with Gasteiger partial charge in [0.25, 0.3) is 0 Å². The fourth-order valence-corrected chi connectivity index (χ4v) is 0.733. The van der Waals surface area contributed by atoms with Crippen molar-refractivity contribution in [1.82, 2.24) is 4.90 Å². The summed E-state index contributed by atoms with van der Waals surface area (Å²) in [5, 5.41) is 26.2. The Morgan fingerprint density at radius 3 is 1.75 bits per heavy atom.